The zero-order chi connectivity index (χ0) is 12.9. The molecule has 0 aliphatic rings. The Labute approximate surface area is 117 Å². The maximum Gasteiger partial charge on any atom is 0.0463 e. The van der Waals surface area contributed by atoms with Gasteiger partial charge in [0.25, 0.3) is 0 Å². The number of H-pyrrole nitrogens is 1. The maximum atomic E-state index is 4.53. The van der Waals surface area contributed by atoms with Crippen LogP contribution < -0.4 is 0 Å². The molecule has 0 fully saturated rings. The Bertz CT molecular complexity index is 642. The van der Waals surface area contributed by atoms with Gasteiger partial charge >= 0.3 is 0 Å². The zero-order valence-electron chi connectivity index (χ0n) is 10.8. The highest BCUT2D eigenvalue weighted by Crippen LogP contribution is 2.37. The zero-order valence-corrected chi connectivity index (χ0v) is 12.5. The Morgan fingerprint density at radius 1 is 1.11 bits per heavy atom. The van der Waals surface area contributed by atoms with E-state index in [0.717, 1.165) is 0 Å². The Morgan fingerprint density at radius 2 is 1.89 bits per heavy atom. The SMILES string of the molecule is CC(C)c1cc2c(ccc3sc(C(C)S)cc32)[nH]1. The molecule has 3 rings (SSSR count). The van der Waals surface area contributed by atoms with Gasteiger partial charge in [-0.05, 0) is 37.1 Å². The van der Waals surface area contributed by atoms with Crippen LogP contribution in [0.1, 0.15) is 42.5 Å². The van der Waals surface area contributed by atoms with E-state index in [9.17, 15) is 0 Å². The molecule has 0 bridgehead atoms. The van der Waals surface area contributed by atoms with E-state index in [1.54, 1.807) is 0 Å². The van der Waals surface area contributed by atoms with Gasteiger partial charge in [0.15, 0.2) is 0 Å². The molecule has 3 heteroatoms. The molecule has 1 aromatic carbocycles. The lowest BCUT2D eigenvalue weighted by Crippen LogP contribution is -1.84. The smallest absolute Gasteiger partial charge is 0.0463 e. The number of thiol groups is 1. The lowest BCUT2D eigenvalue weighted by Gasteiger charge is -1.97. The van der Waals surface area contributed by atoms with Gasteiger partial charge in [-0.25, -0.2) is 0 Å². The van der Waals surface area contributed by atoms with Gasteiger partial charge in [0.1, 0.15) is 0 Å². The molecule has 1 nitrogen and oxygen atoms in total. The molecular formula is C15H17NS2. The van der Waals surface area contributed by atoms with Crippen LogP contribution in [0.25, 0.3) is 21.0 Å². The minimum atomic E-state index is 0.306. The average molecular weight is 275 g/mol. The van der Waals surface area contributed by atoms with E-state index in [1.807, 2.05) is 11.3 Å². The molecule has 2 heterocycles. The van der Waals surface area contributed by atoms with Gasteiger partial charge in [0.2, 0.25) is 0 Å². The first-order chi connectivity index (χ1) is 8.56. The summed E-state index contributed by atoms with van der Waals surface area (Å²) >= 11 is 6.38. The number of nitrogens with one attached hydrogen (secondary N) is 1. The predicted molar refractivity (Wildman–Crippen MR) is 85.2 cm³/mol. The molecule has 0 saturated carbocycles. The quantitative estimate of drug-likeness (QED) is 0.575. The van der Waals surface area contributed by atoms with Crippen molar-refractivity contribution in [3.05, 3.63) is 34.8 Å². The fraction of sp³-hybridized carbons (Fsp3) is 0.333. The predicted octanol–water partition coefficient (Wildman–Crippen LogP) is 5.50. The van der Waals surface area contributed by atoms with Gasteiger partial charge in [-0.3, -0.25) is 0 Å². The van der Waals surface area contributed by atoms with Crippen LogP contribution in [0.4, 0.5) is 0 Å². The second-order valence-electron chi connectivity index (χ2n) is 5.14. The first-order valence-corrected chi connectivity index (χ1v) is 7.62. The summed E-state index contributed by atoms with van der Waals surface area (Å²) in [5.74, 6) is 0.536. The van der Waals surface area contributed by atoms with Crippen LogP contribution in [-0.2, 0) is 0 Å². The van der Waals surface area contributed by atoms with Crippen LogP contribution >= 0.6 is 24.0 Å². The van der Waals surface area contributed by atoms with E-state index in [0.29, 0.717) is 11.2 Å². The summed E-state index contributed by atoms with van der Waals surface area (Å²) in [6.45, 7) is 6.56. The Morgan fingerprint density at radius 3 is 2.56 bits per heavy atom. The number of hydrogen-bond acceptors (Lipinski definition) is 2. The van der Waals surface area contributed by atoms with Crippen molar-refractivity contribution < 1.29 is 0 Å². The normalized spacial score (nSPS) is 13.8. The van der Waals surface area contributed by atoms with E-state index < -0.39 is 0 Å². The van der Waals surface area contributed by atoms with E-state index in [2.05, 4.69) is 62.6 Å². The summed E-state index contributed by atoms with van der Waals surface area (Å²) in [5.41, 5.74) is 2.55. The number of aromatic amines is 1. The molecule has 0 radical (unpaired) electrons. The highest BCUT2D eigenvalue weighted by molar-refractivity contribution is 7.80. The fourth-order valence-corrected chi connectivity index (χ4v) is 3.53. The van der Waals surface area contributed by atoms with Gasteiger partial charge in [-0.1, -0.05) is 13.8 Å². The van der Waals surface area contributed by atoms with Gasteiger partial charge in [-0.2, -0.15) is 12.6 Å². The highest BCUT2D eigenvalue weighted by Gasteiger charge is 2.11. The fourth-order valence-electron chi connectivity index (χ4n) is 2.28. The lowest BCUT2D eigenvalue weighted by molar-refractivity contribution is 0.836. The summed E-state index contributed by atoms with van der Waals surface area (Å²) in [6.07, 6.45) is 0. The molecule has 0 spiro atoms. The highest BCUT2D eigenvalue weighted by atomic mass is 32.1. The van der Waals surface area contributed by atoms with Crippen molar-refractivity contribution in [1.82, 2.24) is 4.98 Å². The minimum absolute atomic E-state index is 0.306. The van der Waals surface area contributed by atoms with Gasteiger partial charge in [0.05, 0.1) is 0 Å². The third kappa shape index (κ3) is 1.86. The summed E-state index contributed by atoms with van der Waals surface area (Å²) in [6, 6.07) is 8.98. The number of hydrogen-bond donors (Lipinski definition) is 2. The van der Waals surface area contributed by atoms with Crippen LogP contribution in [0.3, 0.4) is 0 Å². The summed E-state index contributed by atoms with van der Waals surface area (Å²) in [5, 5.41) is 3.00. The van der Waals surface area contributed by atoms with Crippen LogP contribution in [-0.4, -0.2) is 4.98 Å². The number of rotatable bonds is 2. The van der Waals surface area contributed by atoms with E-state index in [-0.39, 0.29) is 0 Å². The third-order valence-electron chi connectivity index (χ3n) is 3.37. The van der Waals surface area contributed by atoms with Crippen LogP contribution in [0.15, 0.2) is 24.3 Å². The molecule has 0 aliphatic carbocycles. The van der Waals surface area contributed by atoms with Crippen molar-refractivity contribution >= 4 is 45.0 Å². The van der Waals surface area contributed by atoms with Crippen LogP contribution in [0.2, 0.25) is 0 Å². The molecule has 1 N–H and O–H groups in total. The molecule has 0 amide bonds. The van der Waals surface area contributed by atoms with E-state index >= 15 is 0 Å². The van der Waals surface area contributed by atoms with Crippen molar-refractivity contribution in [2.24, 2.45) is 0 Å². The summed E-state index contributed by atoms with van der Waals surface area (Å²) in [4.78, 5) is 4.85. The summed E-state index contributed by atoms with van der Waals surface area (Å²) < 4.78 is 1.35. The molecular weight excluding hydrogens is 258 g/mol. The molecule has 1 atom stereocenters. The third-order valence-corrected chi connectivity index (χ3v) is 5.11. The number of thiophene rings is 1. The molecule has 94 valence electrons. The Kier molecular flexibility index (Phi) is 2.91. The lowest BCUT2D eigenvalue weighted by atomic mass is 10.1. The first-order valence-electron chi connectivity index (χ1n) is 6.29. The van der Waals surface area contributed by atoms with Gasteiger partial charge in [-0.15, -0.1) is 11.3 Å². The van der Waals surface area contributed by atoms with Crippen LogP contribution in [0, 0.1) is 0 Å². The van der Waals surface area contributed by atoms with Crippen molar-refractivity contribution in [2.45, 2.75) is 31.9 Å². The van der Waals surface area contributed by atoms with Gasteiger partial charge < -0.3 is 4.98 Å². The topological polar surface area (TPSA) is 15.8 Å². The van der Waals surface area contributed by atoms with Crippen molar-refractivity contribution in [1.29, 1.82) is 0 Å². The van der Waals surface area contributed by atoms with Crippen LogP contribution in [0.5, 0.6) is 0 Å². The number of benzene rings is 1. The standard InChI is InChI=1S/C15H17NS2/c1-8(2)13-6-10-11-7-15(9(3)17)18-14(11)5-4-12(10)16-13/h4-9,16-17H,1-3H3. The number of aromatic nitrogens is 1. The monoisotopic (exact) mass is 275 g/mol. The molecule has 0 saturated heterocycles. The van der Waals surface area contributed by atoms with Crippen molar-refractivity contribution in [3.63, 3.8) is 0 Å². The second kappa shape index (κ2) is 4.32. The van der Waals surface area contributed by atoms with E-state index in [1.165, 1.54) is 31.6 Å². The Hall–Kier alpha value is -0.930. The first kappa shape index (κ1) is 12.1. The van der Waals surface area contributed by atoms with Gasteiger partial charge in [0, 0.05) is 36.8 Å². The molecule has 2 aromatic heterocycles. The minimum Gasteiger partial charge on any atom is -0.358 e. The van der Waals surface area contributed by atoms with E-state index in [4.69, 9.17) is 0 Å². The maximum absolute atomic E-state index is 4.53. The van der Waals surface area contributed by atoms with Crippen molar-refractivity contribution in [3.8, 4) is 0 Å². The summed E-state index contributed by atoms with van der Waals surface area (Å²) in [7, 11) is 0. The largest absolute Gasteiger partial charge is 0.358 e. The Balaban J connectivity index is 2.30. The second-order valence-corrected chi connectivity index (χ2v) is 7.03. The number of fused-ring (bicyclic) bond motifs is 3. The van der Waals surface area contributed by atoms with Crippen molar-refractivity contribution in [2.75, 3.05) is 0 Å². The molecule has 0 aliphatic heterocycles. The molecule has 3 aromatic rings. The average Bonchev–Trinajstić information content (AvgIpc) is 2.91. The molecule has 18 heavy (non-hydrogen) atoms. The molecule has 1 unspecified atom stereocenters.